The fourth-order valence-electron chi connectivity index (χ4n) is 3.88. The van der Waals surface area contributed by atoms with E-state index in [1.54, 1.807) is 12.1 Å². The summed E-state index contributed by atoms with van der Waals surface area (Å²) in [4.78, 5) is 21.1. The zero-order valence-corrected chi connectivity index (χ0v) is 17.8. The van der Waals surface area contributed by atoms with Gasteiger partial charge in [-0.2, -0.15) is 0 Å². The molecule has 32 heavy (non-hydrogen) atoms. The molecule has 0 radical (unpaired) electrons. The number of hydrogen-bond acceptors (Lipinski definition) is 3. The Balaban J connectivity index is 1.56. The van der Waals surface area contributed by atoms with Crippen molar-refractivity contribution < 1.29 is 9.90 Å². The number of amides is 1. The molecule has 3 aromatic carbocycles. The molecule has 0 aliphatic heterocycles. The number of nitrogens with one attached hydrogen (secondary N) is 2. The highest BCUT2D eigenvalue weighted by atomic mass is 35.5. The monoisotopic (exact) mass is 441 g/mol. The molecule has 0 aliphatic rings. The normalized spacial score (nSPS) is 12.2. The van der Waals surface area contributed by atoms with Crippen LogP contribution < -0.4 is 5.32 Å². The van der Waals surface area contributed by atoms with Gasteiger partial charge in [0.25, 0.3) is 5.91 Å². The number of fused-ring (bicyclic) bond motifs is 3. The van der Waals surface area contributed by atoms with Crippen molar-refractivity contribution >= 4 is 39.3 Å². The van der Waals surface area contributed by atoms with Gasteiger partial charge in [0, 0.05) is 28.4 Å². The van der Waals surface area contributed by atoms with Crippen LogP contribution in [0.3, 0.4) is 0 Å². The van der Waals surface area contributed by atoms with Crippen molar-refractivity contribution in [2.45, 2.75) is 6.10 Å². The van der Waals surface area contributed by atoms with E-state index < -0.39 is 6.10 Å². The van der Waals surface area contributed by atoms with Crippen LogP contribution in [-0.2, 0) is 0 Å². The zero-order chi connectivity index (χ0) is 22.1. The van der Waals surface area contributed by atoms with Gasteiger partial charge in [-0.05, 0) is 23.8 Å². The molecule has 2 aromatic heterocycles. The van der Waals surface area contributed by atoms with Crippen molar-refractivity contribution in [3.63, 3.8) is 0 Å². The first-order valence-corrected chi connectivity index (χ1v) is 10.7. The zero-order valence-electron chi connectivity index (χ0n) is 17.0. The van der Waals surface area contributed by atoms with Gasteiger partial charge in [0.1, 0.15) is 5.69 Å². The van der Waals surface area contributed by atoms with Gasteiger partial charge < -0.3 is 15.4 Å². The summed E-state index contributed by atoms with van der Waals surface area (Å²) in [5.41, 5.74) is 4.12. The van der Waals surface area contributed by atoms with Crippen LogP contribution in [0, 0.1) is 0 Å². The van der Waals surface area contributed by atoms with E-state index in [1.165, 1.54) is 0 Å². The lowest BCUT2D eigenvalue weighted by atomic mass is 10.1. The second-order valence-corrected chi connectivity index (χ2v) is 7.97. The van der Waals surface area contributed by atoms with Crippen LogP contribution in [0.2, 0.25) is 5.02 Å². The van der Waals surface area contributed by atoms with Gasteiger partial charge in [-0.25, -0.2) is 4.98 Å². The van der Waals surface area contributed by atoms with Crippen molar-refractivity contribution in [3.8, 4) is 11.3 Å². The number of benzene rings is 3. The summed E-state index contributed by atoms with van der Waals surface area (Å²) in [7, 11) is 0. The number of rotatable bonds is 5. The lowest BCUT2D eigenvalue weighted by Crippen LogP contribution is -2.29. The summed E-state index contributed by atoms with van der Waals surface area (Å²) in [5.74, 6) is -0.361. The highest BCUT2D eigenvalue weighted by Crippen LogP contribution is 2.35. The molecule has 5 rings (SSSR count). The summed E-state index contributed by atoms with van der Waals surface area (Å²) in [6, 6.07) is 26.3. The fraction of sp³-hybridized carbons (Fsp3) is 0.0769. The van der Waals surface area contributed by atoms with Crippen LogP contribution in [0.25, 0.3) is 33.1 Å². The van der Waals surface area contributed by atoms with Crippen LogP contribution in [-0.4, -0.2) is 27.5 Å². The molecule has 0 unspecified atom stereocenters. The van der Waals surface area contributed by atoms with Gasteiger partial charge in [-0.15, -0.1) is 0 Å². The van der Waals surface area contributed by atoms with Crippen LogP contribution in [0.15, 0.2) is 84.9 Å². The number of H-pyrrole nitrogens is 1. The molecule has 0 saturated carbocycles. The third kappa shape index (κ3) is 3.73. The van der Waals surface area contributed by atoms with E-state index in [0.29, 0.717) is 10.7 Å². The molecule has 0 bridgehead atoms. The first-order chi connectivity index (χ1) is 15.6. The Morgan fingerprint density at radius 3 is 2.50 bits per heavy atom. The Morgan fingerprint density at radius 2 is 1.69 bits per heavy atom. The molecule has 158 valence electrons. The van der Waals surface area contributed by atoms with Gasteiger partial charge in [0.05, 0.1) is 22.3 Å². The summed E-state index contributed by atoms with van der Waals surface area (Å²) in [6.07, 6.45) is -0.806. The first-order valence-electron chi connectivity index (χ1n) is 10.3. The molecule has 0 fully saturated rings. The quantitative estimate of drug-likeness (QED) is 0.337. The topological polar surface area (TPSA) is 78.0 Å². The van der Waals surface area contributed by atoms with E-state index in [4.69, 9.17) is 11.6 Å². The fourth-order valence-corrected chi connectivity index (χ4v) is 4.11. The number of aliphatic hydroxyl groups excluding tert-OH is 1. The molecule has 0 spiro atoms. The predicted molar refractivity (Wildman–Crippen MR) is 128 cm³/mol. The van der Waals surface area contributed by atoms with Crippen LogP contribution >= 0.6 is 11.6 Å². The summed E-state index contributed by atoms with van der Waals surface area (Å²) >= 11 is 6.47. The first kappa shape index (κ1) is 20.2. The van der Waals surface area contributed by atoms with Crippen LogP contribution in [0.5, 0.6) is 0 Å². The Bertz CT molecular complexity index is 1430. The number of carbonyl (C=O) groups excluding carboxylic acids is 1. The van der Waals surface area contributed by atoms with E-state index in [1.807, 2.05) is 72.8 Å². The highest BCUT2D eigenvalue weighted by Gasteiger charge is 2.19. The Hall–Kier alpha value is -3.67. The van der Waals surface area contributed by atoms with Gasteiger partial charge in [0.2, 0.25) is 0 Å². The van der Waals surface area contributed by atoms with Crippen molar-refractivity contribution in [1.29, 1.82) is 0 Å². The third-order valence-electron chi connectivity index (χ3n) is 5.50. The number of hydrogen-bond donors (Lipinski definition) is 3. The smallest absolute Gasteiger partial charge is 0.270 e. The molecule has 6 heteroatoms. The summed E-state index contributed by atoms with van der Waals surface area (Å²) in [6.45, 7) is 0.0812. The van der Waals surface area contributed by atoms with Gasteiger partial charge in [0.15, 0.2) is 0 Å². The van der Waals surface area contributed by atoms with E-state index in [0.717, 1.165) is 32.9 Å². The number of aromatic nitrogens is 2. The maximum Gasteiger partial charge on any atom is 0.270 e. The number of aliphatic hydroxyl groups is 1. The summed E-state index contributed by atoms with van der Waals surface area (Å²) in [5, 5.41) is 15.6. The standard InChI is InChI=1S/C26H20ClN3O2/c27-20-12-6-4-11-18(20)24-25-19(17-10-5-7-13-21(17)29-25)14-22(30-24)26(32)28-15-23(31)16-8-2-1-3-9-16/h1-14,23,29,31H,15H2,(H,28,32)/t23-/m0/s1. The third-order valence-corrected chi connectivity index (χ3v) is 5.83. The predicted octanol–water partition coefficient (Wildman–Crippen LogP) is 5.50. The number of carbonyl (C=O) groups is 1. The highest BCUT2D eigenvalue weighted by molar-refractivity contribution is 6.33. The summed E-state index contributed by atoms with van der Waals surface area (Å²) < 4.78 is 0. The minimum atomic E-state index is -0.806. The molecule has 5 aromatic rings. The molecule has 3 N–H and O–H groups in total. The average molecular weight is 442 g/mol. The lowest BCUT2D eigenvalue weighted by Gasteiger charge is -2.13. The van der Waals surface area contributed by atoms with E-state index in [2.05, 4.69) is 15.3 Å². The minimum Gasteiger partial charge on any atom is -0.387 e. The maximum atomic E-state index is 13.0. The van der Waals surface area contributed by atoms with Crippen molar-refractivity contribution in [1.82, 2.24) is 15.3 Å². The second-order valence-electron chi connectivity index (χ2n) is 7.57. The number of pyridine rings is 1. The molecule has 0 aliphatic carbocycles. The molecular formula is C26H20ClN3O2. The molecule has 5 nitrogen and oxygen atoms in total. The number of aromatic amines is 1. The number of nitrogens with zero attached hydrogens (tertiary/aromatic N) is 1. The van der Waals surface area contributed by atoms with Gasteiger partial charge in [-0.3, -0.25) is 4.79 Å². The van der Waals surface area contributed by atoms with E-state index in [9.17, 15) is 9.90 Å². The lowest BCUT2D eigenvalue weighted by molar-refractivity contribution is 0.0911. The van der Waals surface area contributed by atoms with Crippen molar-refractivity contribution in [2.75, 3.05) is 6.54 Å². The average Bonchev–Trinajstić information content (AvgIpc) is 3.21. The molecule has 2 heterocycles. The van der Waals surface area contributed by atoms with E-state index >= 15 is 0 Å². The van der Waals surface area contributed by atoms with Crippen molar-refractivity contribution in [3.05, 3.63) is 101 Å². The van der Waals surface area contributed by atoms with Crippen LogP contribution in [0.1, 0.15) is 22.2 Å². The SMILES string of the molecule is O=C(NC[C@H](O)c1ccccc1)c1cc2c([nH]c3ccccc32)c(-c2ccccc2Cl)n1. The van der Waals surface area contributed by atoms with E-state index in [-0.39, 0.29) is 18.1 Å². The molecule has 1 amide bonds. The van der Waals surface area contributed by atoms with Gasteiger partial charge in [-0.1, -0.05) is 78.3 Å². The maximum absolute atomic E-state index is 13.0. The number of para-hydroxylation sites is 1. The molecule has 1 atom stereocenters. The van der Waals surface area contributed by atoms with Gasteiger partial charge >= 0.3 is 0 Å². The van der Waals surface area contributed by atoms with Crippen LogP contribution in [0.4, 0.5) is 0 Å². The molecular weight excluding hydrogens is 422 g/mol. The Morgan fingerprint density at radius 1 is 0.969 bits per heavy atom. The largest absolute Gasteiger partial charge is 0.387 e. The second kappa shape index (κ2) is 8.46. The Kier molecular flexibility index (Phi) is 5.35. The molecule has 0 saturated heterocycles. The Labute approximate surface area is 189 Å². The minimum absolute atomic E-state index is 0.0812. The van der Waals surface area contributed by atoms with Crippen molar-refractivity contribution in [2.24, 2.45) is 0 Å². The number of halogens is 1.